The molecular formula is C22H24N2O. The summed E-state index contributed by atoms with van der Waals surface area (Å²) in [5, 5.41) is 1.35. The number of aromatic amines is 1. The van der Waals surface area contributed by atoms with Crippen LogP contribution in [0.15, 0.2) is 54.6 Å². The van der Waals surface area contributed by atoms with Gasteiger partial charge in [-0.05, 0) is 61.4 Å². The molecule has 3 N–H and O–H groups in total. The zero-order chi connectivity index (χ0) is 17.6. The highest BCUT2D eigenvalue weighted by Gasteiger charge is 2.07. The van der Waals surface area contributed by atoms with Crippen LogP contribution in [0.5, 0.6) is 0 Å². The molecule has 0 radical (unpaired) electrons. The van der Waals surface area contributed by atoms with Crippen molar-refractivity contribution >= 4 is 22.9 Å². The maximum absolute atomic E-state index is 10.8. The first-order valence-electron chi connectivity index (χ1n) is 8.76. The predicted octanol–water partition coefficient (Wildman–Crippen LogP) is 4.54. The van der Waals surface area contributed by atoms with E-state index in [0.29, 0.717) is 0 Å². The number of fused-ring (bicyclic) bond motifs is 1. The van der Waals surface area contributed by atoms with Crippen molar-refractivity contribution in [3.63, 3.8) is 0 Å². The molecule has 0 aliphatic rings. The molecule has 1 aromatic heterocycles. The third kappa shape index (κ3) is 4.38. The van der Waals surface area contributed by atoms with Gasteiger partial charge in [-0.25, -0.2) is 0 Å². The molecule has 0 saturated carbocycles. The topological polar surface area (TPSA) is 58.9 Å². The standard InChI is InChI=1S/C22H24N2O/c1-16-19(20-8-4-5-9-21(20)24-16)7-3-2-6-17-10-12-18(13-11-17)14-15-22(23)25/h4-5,8-15,24H,2-3,6-7H2,1H3,(H2,23,25)/b15-14+. The average Bonchev–Trinajstić information content (AvgIpc) is 2.93. The second kappa shape index (κ2) is 7.84. The number of aryl methyl sites for hydroxylation is 3. The van der Waals surface area contributed by atoms with Crippen molar-refractivity contribution in [3.8, 4) is 0 Å². The van der Waals surface area contributed by atoms with E-state index in [-0.39, 0.29) is 0 Å². The average molecular weight is 332 g/mol. The number of hydrogen-bond acceptors (Lipinski definition) is 1. The highest BCUT2D eigenvalue weighted by atomic mass is 16.1. The Balaban J connectivity index is 1.53. The summed E-state index contributed by atoms with van der Waals surface area (Å²) in [5.74, 6) is -0.420. The van der Waals surface area contributed by atoms with Gasteiger partial charge in [0.05, 0.1) is 0 Å². The zero-order valence-electron chi connectivity index (χ0n) is 14.6. The number of nitrogens with two attached hydrogens (primary N) is 1. The molecule has 3 nitrogen and oxygen atoms in total. The molecule has 25 heavy (non-hydrogen) atoms. The summed E-state index contributed by atoms with van der Waals surface area (Å²) in [6.07, 6.45) is 7.64. The summed E-state index contributed by atoms with van der Waals surface area (Å²) in [6.45, 7) is 2.16. The van der Waals surface area contributed by atoms with Crippen molar-refractivity contribution in [1.29, 1.82) is 0 Å². The summed E-state index contributed by atoms with van der Waals surface area (Å²) in [4.78, 5) is 14.2. The molecule has 0 aliphatic heterocycles. The van der Waals surface area contributed by atoms with Crippen LogP contribution in [-0.4, -0.2) is 10.9 Å². The van der Waals surface area contributed by atoms with Crippen LogP contribution in [0.1, 0.15) is 35.2 Å². The molecular weight excluding hydrogens is 308 g/mol. The number of unbranched alkanes of at least 4 members (excludes halogenated alkanes) is 1. The molecule has 0 saturated heterocycles. The molecule has 0 unspecified atom stereocenters. The van der Waals surface area contributed by atoms with Gasteiger partial charge in [0.2, 0.25) is 5.91 Å². The second-order valence-electron chi connectivity index (χ2n) is 6.46. The van der Waals surface area contributed by atoms with E-state index < -0.39 is 5.91 Å². The molecule has 3 aromatic rings. The summed E-state index contributed by atoms with van der Waals surface area (Å²) >= 11 is 0. The second-order valence-corrected chi connectivity index (χ2v) is 6.46. The molecule has 128 valence electrons. The molecule has 0 bridgehead atoms. The Bertz CT molecular complexity index is 888. The number of rotatable bonds is 7. The van der Waals surface area contributed by atoms with Crippen LogP contribution in [0.25, 0.3) is 17.0 Å². The number of amides is 1. The fraction of sp³-hybridized carbons (Fsp3) is 0.227. The molecule has 2 aromatic carbocycles. The first kappa shape index (κ1) is 17.0. The number of benzene rings is 2. The van der Waals surface area contributed by atoms with Crippen LogP contribution in [0.2, 0.25) is 0 Å². The Morgan fingerprint density at radius 1 is 1.04 bits per heavy atom. The van der Waals surface area contributed by atoms with E-state index in [4.69, 9.17) is 5.73 Å². The molecule has 1 amide bonds. The van der Waals surface area contributed by atoms with E-state index in [0.717, 1.165) is 24.8 Å². The molecule has 0 aliphatic carbocycles. The lowest BCUT2D eigenvalue weighted by Crippen LogP contribution is -2.05. The van der Waals surface area contributed by atoms with Crippen LogP contribution < -0.4 is 5.73 Å². The fourth-order valence-corrected chi connectivity index (χ4v) is 3.26. The van der Waals surface area contributed by atoms with Gasteiger partial charge in [0.1, 0.15) is 0 Å². The number of aromatic nitrogens is 1. The van der Waals surface area contributed by atoms with Crippen molar-refractivity contribution in [2.75, 3.05) is 0 Å². The van der Waals surface area contributed by atoms with Gasteiger partial charge >= 0.3 is 0 Å². The number of carbonyl (C=O) groups excluding carboxylic acids is 1. The lowest BCUT2D eigenvalue weighted by atomic mass is 10.0. The Morgan fingerprint density at radius 3 is 2.52 bits per heavy atom. The molecule has 3 rings (SSSR count). The van der Waals surface area contributed by atoms with Gasteiger partial charge in [0.15, 0.2) is 0 Å². The normalized spacial score (nSPS) is 11.4. The number of hydrogen-bond donors (Lipinski definition) is 2. The third-order valence-corrected chi connectivity index (χ3v) is 4.59. The Hall–Kier alpha value is -2.81. The van der Waals surface area contributed by atoms with Gasteiger partial charge < -0.3 is 10.7 Å². The van der Waals surface area contributed by atoms with Crippen LogP contribution in [-0.2, 0) is 17.6 Å². The van der Waals surface area contributed by atoms with Crippen LogP contribution >= 0.6 is 0 Å². The Kier molecular flexibility index (Phi) is 5.34. The minimum atomic E-state index is -0.420. The summed E-state index contributed by atoms with van der Waals surface area (Å²) in [6, 6.07) is 16.8. The number of primary amides is 1. The van der Waals surface area contributed by atoms with Gasteiger partial charge in [0.25, 0.3) is 0 Å². The number of para-hydroxylation sites is 1. The summed E-state index contributed by atoms with van der Waals surface area (Å²) in [5.41, 5.74) is 11.4. The molecule has 0 atom stereocenters. The van der Waals surface area contributed by atoms with Crippen LogP contribution in [0, 0.1) is 6.92 Å². The van der Waals surface area contributed by atoms with Gasteiger partial charge in [-0.15, -0.1) is 0 Å². The zero-order valence-corrected chi connectivity index (χ0v) is 14.6. The number of carbonyl (C=O) groups is 1. The predicted molar refractivity (Wildman–Crippen MR) is 104 cm³/mol. The minimum absolute atomic E-state index is 0.420. The van der Waals surface area contributed by atoms with E-state index in [2.05, 4.69) is 48.3 Å². The number of nitrogens with one attached hydrogen (secondary N) is 1. The van der Waals surface area contributed by atoms with Crippen molar-refractivity contribution in [2.24, 2.45) is 5.73 Å². The highest BCUT2D eigenvalue weighted by molar-refractivity contribution is 5.90. The Labute approximate surface area is 148 Å². The lowest BCUT2D eigenvalue weighted by molar-refractivity contribution is -0.113. The molecule has 0 spiro atoms. The van der Waals surface area contributed by atoms with E-state index in [9.17, 15) is 4.79 Å². The van der Waals surface area contributed by atoms with Crippen molar-refractivity contribution < 1.29 is 4.79 Å². The van der Waals surface area contributed by atoms with E-state index >= 15 is 0 Å². The van der Waals surface area contributed by atoms with Crippen LogP contribution in [0.4, 0.5) is 0 Å². The largest absolute Gasteiger partial charge is 0.366 e. The van der Waals surface area contributed by atoms with Crippen molar-refractivity contribution in [3.05, 3.63) is 77.0 Å². The van der Waals surface area contributed by atoms with Gasteiger partial charge in [-0.1, -0.05) is 42.5 Å². The Morgan fingerprint density at radius 2 is 1.76 bits per heavy atom. The molecule has 3 heteroatoms. The molecule has 0 fully saturated rings. The maximum atomic E-state index is 10.8. The van der Waals surface area contributed by atoms with Crippen LogP contribution in [0.3, 0.4) is 0 Å². The van der Waals surface area contributed by atoms with E-state index in [1.165, 1.54) is 40.2 Å². The smallest absolute Gasteiger partial charge is 0.241 e. The fourth-order valence-electron chi connectivity index (χ4n) is 3.26. The summed E-state index contributed by atoms with van der Waals surface area (Å²) < 4.78 is 0. The minimum Gasteiger partial charge on any atom is -0.366 e. The lowest BCUT2D eigenvalue weighted by Gasteiger charge is -2.04. The van der Waals surface area contributed by atoms with Gasteiger partial charge in [0, 0.05) is 22.7 Å². The molecule has 1 heterocycles. The summed E-state index contributed by atoms with van der Waals surface area (Å²) in [7, 11) is 0. The van der Waals surface area contributed by atoms with Gasteiger partial charge in [-0.2, -0.15) is 0 Å². The van der Waals surface area contributed by atoms with Crippen molar-refractivity contribution in [1.82, 2.24) is 4.98 Å². The van der Waals surface area contributed by atoms with Gasteiger partial charge in [-0.3, -0.25) is 4.79 Å². The first-order chi connectivity index (χ1) is 12.1. The monoisotopic (exact) mass is 332 g/mol. The van der Waals surface area contributed by atoms with E-state index in [1.807, 2.05) is 12.1 Å². The van der Waals surface area contributed by atoms with E-state index in [1.54, 1.807) is 6.08 Å². The maximum Gasteiger partial charge on any atom is 0.241 e. The number of H-pyrrole nitrogens is 1. The quantitative estimate of drug-likeness (QED) is 0.484. The highest BCUT2D eigenvalue weighted by Crippen LogP contribution is 2.23. The SMILES string of the molecule is Cc1[nH]c2ccccc2c1CCCCc1ccc(/C=C/C(N)=O)cc1. The third-order valence-electron chi connectivity index (χ3n) is 4.59. The first-order valence-corrected chi connectivity index (χ1v) is 8.76. The van der Waals surface area contributed by atoms with Crippen molar-refractivity contribution in [2.45, 2.75) is 32.6 Å².